The molecule has 0 saturated heterocycles. The molecule has 0 aromatic carbocycles. The van der Waals surface area contributed by atoms with Gasteiger partial charge in [0.2, 0.25) is 11.1 Å². The Balaban J connectivity index is 1.50. The minimum Gasteiger partial charge on any atom is -0.350 e. The summed E-state index contributed by atoms with van der Waals surface area (Å²) in [5.41, 5.74) is 0. The van der Waals surface area contributed by atoms with Gasteiger partial charge in [-0.15, -0.1) is 27.8 Å². The second kappa shape index (κ2) is 7.76. The number of H-pyrrole nitrogens is 1. The number of rotatable bonds is 7. The van der Waals surface area contributed by atoms with Crippen molar-refractivity contribution >= 4 is 40.3 Å². The highest BCUT2D eigenvalue weighted by Crippen LogP contribution is 2.21. The number of hydrogen-bond acceptors (Lipinski definition) is 6. The van der Waals surface area contributed by atoms with Crippen molar-refractivity contribution in [3.8, 4) is 0 Å². The van der Waals surface area contributed by atoms with E-state index in [9.17, 15) is 4.79 Å². The number of amides is 1. The van der Waals surface area contributed by atoms with Gasteiger partial charge in [-0.1, -0.05) is 23.9 Å². The molecular weight excluding hydrogens is 348 g/mol. The molecule has 0 aliphatic heterocycles. The molecule has 0 bridgehead atoms. The van der Waals surface area contributed by atoms with Gasteiger partial charge >= 0.3 is 0 Å². The number of carbonyl (C=O) groups excluding carboxylic acids is 1. The summed E-state index contributed by atoms with van der Waals surface area (Å²) in [5, 5.41) is 14.5. The van der Waals surface area contributed by atoms with E-state index in [-0.39, 0.29) is 11.2 Å². The summed E-state index contributed by atoms with van der Waals surface area (Å²) in [6, 6.07) is 8.08. The maximum Gasteiger partial charge on any atom is 0.233 e. The average molecular weight is 365 g/mol. The Bertz CT molecular complexity index is 737. The molecule has 0 fully saturated rings. The van der Waals surface area contributed by atoms with Crippen LogP contribution in [0.2, 0.25) is 0 Å². The fraction of sp³-hybridized carbons (Fsp3) is 0.267. The van der Waals surface area contributed by atoms with E-state index in [2.05, 4.69) is 26.6 Å². The number of aromatic amines is 1. The molecule has 0 spiro atoms. The molecule has 8 heteroatoms. The van der Waals surface area contributed by atoms with Gasteiger partial charge in [-0.3, -0.25) is 9.89 Å². The van der Waals surface area contributed by atoms with Crippen molar-refractivity contribution in [3.05, 3.63) is 50.6 Å². The number of nitrogens with one attached hydrogen (secondary N) is 2. The summed E-state index contributed by atoms with van der Waals surface area (Å²) >= 11 is 4.69. The Morgan fingerprint density at radius 3 is 2.74 bits per heavy atom. The van der Waals surface area contributed by atoms with Gasteiger partial charge in [-0.05, 0) is 29.8 Å². The number of thiophene rings is 2. The van der Waals surface area contributed by atoms with Crippen LogP contribution >= 0.6 is 34.4 Å². The van der Waals surface area contributed by atoms with E-state index >= 15 is 0 Å². The van der Waals surface area contributed by atoms with Gasteiger partial charge in [0, 0.05) is 16.2 Å². The summed E-state index contributed by atoms with van der Waals surface area (Å²) in [5.74, 6) is 0.814. The van der Waals surface area contributed by atoms with Crippen LogP contribution in [-0.4, -0.2) is 26.3 Å². The van der Waals surface area contributed by atoms with Crippen LogP contribution in [0.5, 0.6) is 0 Å². The van der Waals surface area contributed by atoms with Gasteiger partial charge < -0.3 is 5.32 Å². The first-order valence-electron chi connectivity index (χ1n) is 7.11. The number of aromatic nitrogens is 3. The SMILES string of the molecule is C[C@H](Sc1n[nH]c(Cc2cccs2)n1)C(=O)NCc1cccs1. The third-order valence-corrected chi connectivity index (χ3v) is 5.82. The van der Waals surface area contributed by atoms with E-state index < -0.39 is 0 Å². The predicted molar refractivity (Wildman–Crippen MR) is 95.0 cm³/mol. The molecule has 1 atom stereocenters. The zero-order valence-corrected chi connectivity index (χ0v) is 14.9. The lowest BCUT2D eigenvalue weighted by Gasteiger charge is -2.09. The number of carbonyl (C=O) groups is 1. The lowest BCUT2D eigenvalue weighted by atomic mass is 10.3. The maximum absolute atomic E-state index is 12.1. The Hall–Kier alpha value is -1.64. The van der Waals surface area contributed by atoms with E-state index in [1.807, 2.05) is 35.9 Å². The molecule has 5 nitrogen and oxygen atoms in total. The largest absolute Gasteiger partial charge is 0.350 e. The molecule has 0 radical (unpaired) electrons. The fourth-order valence-corrected chi connectivity index (χ4v) is 4.05. The molecule has 0 unspecified atom stereocenters. The van der Waals surface area contributed by atoms with E-state index in [1.54, 1.807) is 22.7 Å². The van der Waals surface area contributed by atoms with Gasteiger partial charge in [-0.2, -0.15) is 0 Å². The van der Waals surface area contributed by atoms with Crippen LogP contribution in [0, 0.1) is 0 Å². The highest BCUT2D eigenvalue weighted by Gasteiger charge is 2.17. The van der Waals surface area contributed by atoms with Crippen LogP contribution in [0.15, 0.2) is 40.2 Å². The fourth-order valence-electron chi connectivity index (χ4n) is 1.93. The van der Waals surface area contributed by atoms with Crippen LogP contribution in [0.3, 0.4) is 0 Å². The Kier molecular flexibility index (Phi) is 5.47. The van der Waals surface area contributed by atoms with E-state index in [0.717, 1.165) is 17.1 Å². The van der Waals surface area contributed by atoms with Crippen molar-refractivity contribution in [1.82, 2.24) is 20.5 Å². The molecule has 3 rings (SSSR count). The average Bonchev–Trinajstić information content (AvgIpc) is 3.28. The Morgan fingerprint density at radius 2 is 2.04 bits per heavy atom. The van der Waals surface area contributed by atoms with Crippen LogP contribution < -0.4 is 5.32 Å². The molecular formula is C15H16N4OS3. The normalized spacial score (nSPS) is 12.2. The first-order valence-corrected chi connectivity index (χ1v) is 9.75. The van der Waals surface area contributed by atoms with Gasteiger partial charge in [0.25, 0.3) is 0 Å². The topological polar surface area (TPSA) is 70.7 Å². The molecule has 0 aliphatic carbocycles. The van der Waals surface area contributed by atoms with Crippen LogP contribution in [-0.2, 0) is 17.8 Å². The molecule has 0 aliphatic rings. The molecule has 0 saturated carbocycles. The van der Waals surface area contributed by atoms with Gasteiger partial charge in [-0.25, -0.2) is 4.98 Å². The van der Waals surface area contributed by atoms with Crippen LogP contribution in [0.4, 0.5) is 0 Å². The molecule has 120 valence electrons. The van der Waals surface area contributed by atoms with Gasteiger partial charge in [0.15, 0.2) is 0 Å². The summed E-state index contributed by atoms with van der Waals surface area (Å²) in [6.45, 7) is 2.43. The summed E-state index contributed by atoms with van der Waals surface area (Å²) in [6.07, 6.45) is 0.740. The summed E-state index contributed by atoms with van der Waals surface area (Å²) < 4.78 is 0. The number of thioether (sulfide) groups is 1. The monoisotopic (exact) mass is 364 g/mol. The van der Waals surface area contributed by atoms with Crippen LogP contribution in [0.25, 0.3) is 0 Å². The van der Waals surface area contributed by atoms with Crippen molar-refractivity contribution in [2.75, 3.05) is 0 Å². The molecule has 23 heavy (non-hydrogen) atoms. The summed E-state index contributed by atoms with van der Waals surface area (Å²) in [4.78, 5) is 18.9. The van der Waals surface area contributed by atoms with Crippen molar-refractivity contribution in [1.29, 1.82) is 0 Å². The summed E-state index contributed by atoms with van der Waals surface area (Å²) in [7, 11) is 0. The number of nitrogens with zero attached hydrogens (tertiary/aromatic N) is 2. The minimum absolute atomic E-state index is 0.00648. The zero-order valence-electron chi connectivity index (χ0n) is 12.5. The van der Waals surface area contributed by atoms with Crippen molar-refractivity contribution in [3.63, 3.8) is 0 Å². The van der Waals surface area contributed by atoms with Gasteiger partial charge in [0.05, 0.1) is 11.8 Å². The van der Waals surface area contributed by atoms with Crippen molar-refractivity contribution < 1.29 is 4.79 Å². The Labute approximate surface area is 146 Å². The van der Waals surface area contributed by atoms with E-state index in [0.29, 0.717) is 11.7 Å². The number of hydrogen-bond donors (Lipinski definition) is 2. The molecule has 3 aromatic rings. The second-order valence-corrected chi connectivity index (χ2v) is 8.25. The minimum atomic E-state index is -0.236. The highest BCUT2D eigenvalue weighted by atomic mass is 32.2. The first kappa shape index (κ1) is 16.2. The molecule has 1 amide bonds. The predicted octanol–water partition coefficient (Wildman–Crippen LogP) is 3.32. The Morgan fingerprint density at radius 1 is 1.30 bits per heavy atom. The molecule has 2 N–H and O–H groups in total. The second-order valence-electron chi connectivity index (χ2n) is 4.88. The van der Waals surface area contributed by atoms with Gasteiger partial charge in [0.1, 0.15) is 5.82 Å². The van der Waals surface area contributed by atoms with E-state index in [1.165, 1.54) is 16.6 Å². The van der Waals surface area contributed by atoms with Crippen molar-refractivity contribution in [2.24, 2.45) is 0 Å². The first-order chi connectivity index (χ1) is 11.2. The van der Waals surface area contributed by atoms with E-state index in [4.69, 9.17) is 0 Å². The lowest BCUT2D eigenvalue weighted by molar-refractivity contribution is -0.120. The standard InChI is InChI=1S/C15H16N4OS3/c1-10(14(20)16-9-12-5-3-7-22-12)23-15-17-13(18-19-15)8-11-4-2-6-21-11/h2-7,10H,8-9H2,1H3,(H,16,20)(H,17,18,19)/t10-/m0/s1. The molecule has 3 heterocycles. The molecule has 3 aromatic heterocycles. The lowest BCUT2D eigenvalue weighted by Crippen LogP contribution is -2.30. The van der Waals surface area contributed by atoms with Crippen LogP contribution in [0.1, 0.15) is 22.5 Å². The third-order valence-electron chi connectivity index (χ3n) is 3.10. The third kappa shape index (κ3) is 4.66. The smallest absolute Gasteiger partial charge is 0.233 e. The van der Waals surface area contributed by atoms with Crippen molar-refractivity contribution in [2.45, 2.75) is 30.3 Å². The zero-order chi connectivity index (χ0) is 16.1. The highest BCUT2D eigenvalue weighted by molar-refractivity contribution is 8.00. The maximum atomic E-state index is 12.1. The quantitative estimate of drug-likeness (QED) is 0.631.